The van der Waals surface area contributed by atoms with E-state index in [0.29, 0.717) is 37.4 Å². The van der Waals surface area contributed by atoms with Crippen molar-refractivity contribution in [1.82, 2.24) is 4.31 Å². The van der Waals surface area contributed by atoms with Crippen molar-refractivity contribution in [2.24, 2.45) is 0 Å². The second-order valence-corrected chi connectivity index (χ2v) is 7.73. The minimum atomic E-state index is -3.58. The molecule has 1 aliphatic rings. The Hall–Kier alpha value is -2.35. The summed E-state index contributed by atoms with van der Waals surface area (Å²) < 4.78 is 44.8. The quantitative estimate of drug-likeness (QED) is 0.595. The molecule has 0 saturated carbocycles. The average molecular weight is 375 g/mol. The van der Waals surface area contributed by atoms with Gasteiger partial charge in [-0.05, 0) is 48.0 Å². The van der Waals surface area contributed by atoms with E-state index in [1.165, 1.54) is 52.9 Å². The molecule has 0 aliphatic carbocycles. The molecule has 1 aliphatic heterocycles. The number of benzene rings is 2. The number of ether oxygens (including phenoxy) is 1. The first-order valence-electron chi connectivity index (χ1n) is 8.13. The Morgan fingerprint density at radius 3 is 2.42 bits per heavy atom. The maximum absolute atomic E-state index is 13.1. The minimum absolute atomic E-state index is 0.144. The van der Waals surface area contributed by atoms with E-state index >= 15 is 0 Å². The Bertz CT molecular complexity index is 917. The van der Waals surface area contributed by atoms with Gasteiger partial charge >= 0.3 is 0 Å². The van der Waals surface area contributed by atoms with Crippen LogP contribution in [0.4, 0.5) is 4.39 Å². The molecule has 3 rings (SSSR count). The van der Waals surface area contributed by atoms with Crippen LogP contribution in [-0.2, 0) is 14.8 Å². The van der Waals surface area contributed by atoms with Gasteiger partial charge in [-0.1, -0.05) is 18.2 Å². The van der Waals surface area contributed by atoms with Crippen LogP contribution >= 0.6 is 0 Å². The number of nitrogens with zero attached hydrogens (tertiary/aromatic N) is 1. The molecule has 2 aromatic carbocycles. The molecular formula is C19H18FNO4S. The summed E-state index contributed by atoms with van der Waals surface area (Å²) >= 11 is 0. The number of carbonyl (C=O) groups excluding carboxylic acids is 1. The molecule has 0 radical (unpaired) electrons. The highest BCUT2D eigenvalue weighted by molar-refractivity contribution is 7.89. The summed E-state index contributed by atoms with van der Waals surface area (Å²) in [5, 5.41) is 0. The maximum atomic E-state index is 13.1. The lowest BCUT2D eigenvalue weighted by Crippen LogP contribution is -2.40. The van der Waals surface area contributed by atoms with Crippen molar-refractivity contribution < 1.29 is 22.3 Å². The molecule has 0 N–H and O–H groups in total. The van der Waals surface area contributed by atoms with Crippen molar-refractivity contribution in [1.29, 1.82) is 0 Å². The second-order valence-electron chi connectivity index (χ2n) is 5.79. The van der Waals surface area contributed by atoms with Crippen LogP contribution in [0, 0.1) is 5.82 Å². The van der Waals surface area contributed by atoms with Crippen LogP contribution < -0.4 is 0 Å². The maximum Gasteiger partial charge on any atom is 0.243 e. The lowest BCUT2D eigenvalue weighted by molar-refractivity contribution is 0.0730. The van der Waals surface area contributed by atoms with Crippen molar-refractivity contribution in [3.05, 3.63) is 71.6 Å². The number of ketones is 1. The topological polar surface area (TPSA) is 63.7 Å². The van der Waals surface area contributed by atoms with Gasteiger partial charge in [0.15, 0.2) is 5.78 Å². The summed E-state index contributed by atoms with van der Waals surface area (Å²) in [6.07, 6.45) is 2.85. The van der Waals surface area contributed by atoms with Crippen LogP contribution in [0.3, 0.4) is 0 Å². The summed E-state index contributed by atoms with van der Waals surface area (Å²) in [5.74, 6) is -0.665. The SMILES string of the molecule is O=C(/C=C/c1cccc(F)c1)c1ccc(S(=O)(=O)N2CCOCC2)cc1. The third-order valence-electron chi connectivity index (χ3n) is 4.02. The molecule has 2 aromatic rings. The lowest BCUT2D eigenvalue weighted by atomic mass is 10.1. The third kappa shape index (κ3) is 4.24. The Balaban J connectivity index is 1.73. The molecule has 0 bridgehead atoms. The predicted molar refractivity (Wildman–Crippen MR) is 95.8 cm³/mol. The molecule has 5 nitrogen and oxygen atoms in total. The smallest absolute Gasteiger partial charge is 0.243 e. The van der Waals surface area contributed by atoms with Crippen LogP contribution in [0.2, 0.25) is 0 Å². The molecule has 0 unspecified atom stereocenters. The zero-order valence-corrected chi connectivity index (χ0v) is 14.8. The molecule has 0 spiro atoms. The van der Waals surface area contributed by atoms with Crippen molar-refractivity contribution >= 4 is 21.9 Å². The van der Waals surface area contributed by atoms with E-state index in [9.17, 15) is 17.6 Å². The van der Waals surface area contributed by atoms with Gasteiger partial charge in [-0.2, -0.15) is 4.31 Å². The lowest BCUT2D eigenvalue weighted by Gasteiger charge is -2.26. The zero-order chi connectivity index (χ0) is 18.6. The summed E-state index contributed by atoms with van der Waals surface area (Å²) in [4.78, 5) is 12.4. The van der Waals surface area contributed by atoms with Crippen LogP contribution in [0.25, 0.3) is 6.08 Å². The van der Waals surface area contributed by atoms with Gasteiger partial charge in [0.05, 0.1) is 18.1 Å². The standard InChI is InChI=1S/C19H18FNO4S/c20-17-3-1-2-15(14-17)4-9-19(22)16-5-7-18(8-6-16)26(23,24)21-10-12-25-13-11-21/h1-9,14H,10-13H2/b9-4+. The Labute approximate surface area is 151 Å². The van der Waals surface area contributed by atoms with Gasteiger partial charge in [-0.3, -0.25) is 4.79 Å². The van der Waals surface area contributed by atoms with Crippen LogP contribution in [-0.4, -0.2) is 44.8 Å². The van der Waals surface area contributed by atoms with Gasteiger partial charge in [-0.25, -0.2) is 12.8 Å². The number of carbonyl (C=O) groups is 1. The monoisotopic (exact) mass is 375 g/mol. The third-order valence-corrected chi connectivity index (χ3v) is 5.94. The van der Waals surface area contributed by atoms with Gasteiger partial charge in [-0.15, -0.1) is 0 Å². The highest BCUT2D eigenvalue weighted by atomic mass is 32.2. The summed E-state index contributed by atoms with van der Waals surface area (Å²) in [7, 11) is -3.58. The molecule has 136 valence electrons. The van der Waals surface area contributed by atoms with E-state index in [1.807, 2.05) is 0 Å². The highest BCUT2D eigenvalue weighted by Gasteiger charge is 2.26. The number of allylic oxidation sites excluding steroid dienone is 1. The summed E-state index contributed by atoms with van der Waals surface area (Å²) in [6, 6.07) is 11.7. The molecule has 1 fully saturated rings. The number of hydrogen-bond acceptors (Lipinski definition) is 4. The Kier molecular flexibility index (Phi) is 5.61. The summed E-state index contributed by atoms with van der Waals surface area (Å²) in [6.45, 7) is 1.39. The molecule has 0 atom stereocenters. The predicted octanol–water partition coefficient (Wildman–Crippen LogP) is 2.74. The van der Waals surface area contributed by atoms with Crippen molar-refractivity contribution in [2.75, 3.05) is 26.3 Å². The first-order valence-corrected chi connectivity index (χ1v) is 9.57. The zero-order valence-electron chi connectivity index (χ0n) is 14.0. The first-order chi connectivity index (χ1) is 12.5. The molecule has 0 amide bonds. The summed E-state index contributed by atoms with van der Waals surface area (Å²) in [5.41, 5.74) is 0.934. The van der Waals surface area contributed by atoms with Gasteiger partial charge in [0.25, 0.3) is 0 Å². The fraction of sp³-hybridized carbons (Fsp3) is 0.211. The number of halogens is 1. The van der Waals surface area contributed by atoms with Crippen LogP contribution in [0.5, 0.6) is 0 Å². The number of morpholine rings is 1. The molecule has 1 saturated heterocycles. The largest absolute Gasteiger partial charge is 0.379 e. The molecule has 1 heterocycles. The average Bonchev–Trinajstić information content (AvgIpc) is 2.67. The number of sulfonamides is 1. The van der Waals surface area contributed by atoms with Gasteiger partial charge in [0, 0.05) is 18.7 Å². The number of hydrogen-bond donors (Lipinski definition) is 0. The minimum Gasteiger partial charge on any atom is -0.379 e. The van der Waals surface area contributed by atoms with Crippen LogP contribution in [0.1, 0.15) is 15.9 Å². The van der Waals surface area contributed by atoms with Crippen molar-refractivity contribution in [2.45, 2.75) is 4.90 Å². The Morgan fingerprint density at radius 2 is 1.77 bits per heavy atom. The molecule has 26 heavy (non-hydrogen) atoms. The van der Waals surface area contributed by atoms with Crippen LogP contribution in [0.15, 0.2) is 59.5 Å². The first kappa shape index (κ1) is 18.4. The molecular weight excluding hydrogens is 357 g/mol. The highest BCUT2D eigenvalue weighted by Crippen LogP contribution is 2.18. The van der Waals surface area contributed by atoms with E-state index in [2.05, 4.69) is 0 Å². The Morgan fingerprint density at radius 1 is 1.08 bits per heavy atom. The van der Waals surface area contributed by atoms with Crippen molar-refractivity contribution in [3.63, 3.8) is 0 Å². The number of rotatable bonds is 5. The van der Waals surface area contributed by atoms with E-state index in [0.717, 1.165) is 0 Å². The van der Waals surface area contributed by atoms with E-state index in [-0.39, 0.29) is 16.5 Å². The van der Waals surface area contributed by atoms with Gasteiger partial charge < -0.3 is 4.74 Å². The molecule has 0 aromatic heterocycles. The van der Waals surface area contributed by atoms with Gasteiger partial charge in [0.1, 0.15) is 5.82 Å². The molecule has 7 heteroatoms. The van der Waals surface area contributed by atoms with Crippen molar-refractivity contribution in [3.8, 4) is 0 Å². The van der Waals surface area contributed by atoms with E-state index in [1.54, 1.807) is 12.1 Å². The van der Waals surface area contributed by atoms with E-state index in [4.69, 9.17) is 4.74 Å². The normalized spacial score (nSPS) is 16.0. The fourth-order valence-electron chi connectivity index (χ4n) is 2.61. The fourth-order valence-corrected chi connectivity index (χ4v) is 4.01. The second kappa shape index (κ2) is 7.90. The van der Waals surface area contributed by atoms with E-state index < -0.39 is 10.0 Å². The van der Waals surface area contributed by atoms with Gasteiger partial charge in [0.2, 0.25) is 10.0 Å².